The van der Waals surface area contributed by atoms with Gasteiger partial charge < -0.3 is 4.74 Å². The molecule has 0 saturated carbocycles. The highest BCUT2D eigenvalue weighted by Gasteiger charge is 2.25. The average Bonchev–Trinajstić information content (AvgIpc) is 2.93. The number of ether oxygens (including phenoxy) is 1. The minimum atomic E-state index is 0.450. The quantitative estimate of drug-likeness (QED) is 0.818. The molecule has 1 aromatic heterocycles. The Labute approximate surface area is 104 Å². The van der Waals surface area contributed by atoms with Gasteiger partial charge in [-0.25, -0.2) is 0 Å². The molecule has 1 aliphatic rings. The molecule has 3 rings (SSSR count). The molecule has 88 valence electrons. The molecule has 1 atom stereocenters. The smallest absolute Gasteiger partial charge is 0.191 e. The van der Waals surface area contributed by atoms with Crippen molar-refractivity contribution in [3.8, 4) is 17.1 Å². The zero-order valence-electron chi connectivity index (χ0n) is 9.75. The monoisotopic (exact) mass is 247 g/mol. The van der Waals surface area contributed by atoms with Crippen LogP contribution in [-0.4, -0.2) is 27.6 Å². The summed E-state index contributed by atoms with van der Waals surface area (Å²) >= 11 is 1.76. The van der Waals surface area contributed by atoms with Crippen LogP contribution in [0.25, 0.3) is 11.4 Å². The molecular weight excluding hydrogens is 234 g/mol. The van der Waals surface area contributed by atoms with Crippen LogP contribution in [0.15, 0.2) is 29.4 Å². The summed E-state index contributed by atoms with van der Waals surface area (Å²) in [5, 5.41) is 9.49. The Morgan fingerprint density at radius 2 is 2.29 bits per heavy atom. The SMILES string of the molecule is COc1cccc(-c2nnc3n2C(C)CS3)c1. The van der Waals surface area contributed by atoms with Crippen LogP contribution in [0.2, 0.25) is 0 Å². The second-order valence-corrected chi connectivity index (χ2v) is 5.06. The van der Waals surface area contributed by atoms with Gasteiger partial charge in [-0.05, 0) is 19.1 Å². The van der Waals surface area contributed by atoms with Crippen molar-refractivity contribution in [1.29, 1.82) is 0 Å². The van der Waals surface area contributed by atoms with E-state index < -0.39 is 0 Å². The van der Waals surface area contributed by atoms with Gasteiger partial charge in [-0.2, -0.15) is 0 Å². The van der Waals surface area contributed by atoms with Gasteiger partial charge >= 0.3 is 0 Å². The van der Waals surface area contributed by atoms with Crippen molar-refractivity contribution in [2.75, 3.05) is 12.9 Å². The molecule has 4 nitrogen and oxygen atoms in total. The molecule has 17 heavy (non-hydrogen) atoms. The van der Waals surface area contributed by atoms with Gasteiger partial charge in [-0.3, -0.25) is 4.57 Å². The Balaban J connectivity index is 2.10. The third kappa shape index (κ3) is 1.70. The summed E-state index contributed by atoms with van der Waals surface area (Å²) in [5.74, 6) is 2.84. The molecule has 0 radical (unpaired) electrons. The normalized spacial score (nSPS) is 18.1. The van der Waals surface area contributed by atoms with Crippen LogP contribution >= 0.6 is 11.8 Å². The van der Waals surface area contributed by atoms with Crippen LogP contribution < -0.4 is 4.74 Å². The fraction of sp³-hybridized carbons (Fsp3) is 0.333. The number of rotatable bonds is 2. The first-order valence-corrected chi connectivity index (χ1v) is 6.50. The Bertz CT molecular complexity index is 552. The third-order valence-electron chi connectivity index (χ3n) is 2.89. The number of hydrogen-bond acceptors (Lipinski definition) is 4. The molecular formula is C12H13N3OS. The maximum absolute atomic E-state index is 5.24. The van der Waals surface area contributed by atoms with Crippen molar-refractivity contribution in [2.24, 2.45) is 0 Å². The standard InChI is InChI=1S/C12H13N3OS/c1-8-7-17-12-14-13-11(15(8)12)9-4-3-5-10(6-9)16-2/h3-6,8H,7H2,1-2H3. The van der Waals surface area contributed by atoms with E-state index in [0.717, 1.165) is 28.0 Å². The number of nitrogens with zero attached hydrogens (tertiary/aromatic N) is 3. The molecule has 0 saturated heterocycles. The Morgan fingerprint density at radius 1 is 1.41 bits per heavy atom. The maximum Gasteiger partial charge on any atom is 0.191 e. The molecule has 0 N–H and O–H groups in total. The first kappa shape index (κ1) is 10.7. The van der Waals surface area contributed by atoms with Crippen LogP contribution in [0.3, 0.4) is 0 Å². The second-order valence-electron chi connectivity index (χ2n) is 4.07. The van der Waals surface area contributed by atoms with Crippen LogP contribution in [-0.2, 0) is 0 Å². The van der Waals surface area contributed by atoms with E-state index in [4.69, 9.17) is 4.74 Å². The molecule has 5 heteroatoms. The number of thioether (sulfide) groups is 1. The highest BCUT2D eigenvalue weighted by atomic mass is 32.2. The summed E-state index contributed by atoms with van der Waals surface area (Å²) in [6.45, 7) is 2.19. The fourth-order valence-electron chi connectivity index (χ4n) is 2.00. The Morgan fingerprint density at radius 3 is 3.12 bits per heavy atom. The summed E-state index contributed by atoms with van der Waals surface area (Å²) in [6.07, 6.45) is 0. The average molecular weight is 247 g/mol. The summed E-state index contributed by atoms with van der Waals surface area (Å²) in [7, 11) is 1.67. The van der Waals surface area contributed by atoms with Gasteiger partial charge in [-0.1, -0.05) is 23.9 Å². The van der Waals surface area contributed by atoms with Crippen LogP contribution in [0, 0.1) is 0 Å². The molecule has 0 amide bonds. The first-order chi connectivity index (χ1) is 8.29. The molecule has 1 unspecified atom stereocenters. The van der Waals surface area contributed by atoms with Gasteiger partial charge in [-0.15, -0.1) is 10.2 Å². The van der Waals surface area contributed by atoms with Gasteiger partial charge in [0.2, 0.25) is 0 Å². The van der Waals surface area contributed by atoms with Crippen molar-refractivity contribution in [3.63, 3.8) is 0 Å². The molecule has 0 spiro atoms. The third-order valence-corrected chi connectivity index (χ3v) is 4.07. The highest BCUT2D eigenvalue weighted by Crippen LogP contribution is 2.36. The summed E-state index contributed by atoms with van der Waals surface area (Å²) in [5.41, 5.74) is 1.05. The number of benzene rings is 1. The van der Waals surface area contributed by atoms with Gasteiger partial charge in [0.1, 0.15) is 5.75 Å². The predicted molar refractivity (Wildman–Crippen MR) is 67.4 cm³/mol. The molecule has 1 aromatic carbocycles. The molecule has 1 aliphatic heterocycles. The largest absolute Gasteiger partial charge is 0.497 e. The predicted octanol–water partition coefficient (Wildman–Crippen LogP) is 2.62. The van der Waals surface area contributed by atoms with Crippen LogP contribution in [0.5, 0.6) is 5.75 Å². The van der Waals surface area contributed by atoms with Crippen molar-refractivity contribution < 1.29 is 4.74 Å². The van der Waals surface area contributed by atoms with Crippen molar-refractivity contribution in [2.45, 2.75) is 18.1 Å². The lowest BCUT2D eigenvalue weighted by atomic mass is 10.2. The van der Waals surface area contributed by atoms with E-state index in [-0.39, 0.29) is 0 Å². The zero-order valence-corrected chi connectivity index (χ0v) is 10.6. The van der Waals surface area contributed by atoms with E-state index in [9.17, 15) is 0 Å². The van der Waals surface area contributed by atoms with Crippen molar-refractivity contribution >= 4 is 11.8 Å². The van der Waals surface area contributed by atoms with E-state index in [1.165, 1.54) is 0 Å². The molecule has 0 fully saturated rings. The number of aromatic nitrogens is 3. The van der Waals surface area contributed by atoms with Gasteiger partial charge in [0, 0.05) is 17.4 Å². The lowest BCUT2D eigenvalue weighted by Crippen LogP contribution is -2.03. The van der Waals surface area contributed by atoms with E-state index >= 15 is 0 Å². The van der Waals surface area contributed by atoms with E-state index in [0.29, 0.717) is 6.04 Å². The summed E-state index contributed by atoms with van der Waals surface area (Å²) in [4.78, 5) is 0. The summed E-state index contributed by atoms with van der Waals surface area (Å²) < 4.78 is 7.43. The fourth-order valence-corrected chi connectivity index (χ4v) is 3.04. The van der Waals surface area contributed by atoms with Gasteiger partial charge in [0.15, 0.2) is 11.0 Å². The lowest BCUT2D eigenvalue weighted by Gasteiger charge is -2.09. The molecule has 2 aromatic rings. The Hall–Kier alpha value is -1.49. The van der Waals surface area contributed by atoms with Crippen molar-refractivity contribution in [3.05, 3.63) is 24.3 Å². The lowest BCUT2D eigenvalue weighted by molar-refractivity contribution is 0.415. The van der Waals surface area contributed by atoms with E-state index in [2.05, 4.69) is 21.7 Å². The number of hydrogen-bond donors (Lipinski definition) is 0. The van der Waals surface area contributed by atoms with Gasteiger partial charge in [0.25, 0.3) is 0 Å². The molecule has 2 heterocycles. The molecule has 0 aliphatic carbocycles. The Kier molecular flexibility index (Phi) is 2.55. The highest BCUT2D eigenvalue weighted by molar-refractivity contribution is 7.99. The van der Waals surface area contributed by atoms with E-state index in [1.54, 1.807) is 18.9 Å². The zero-order chi connectivity index (χ0) is 11.8. The second kappa shape index (κ2) is 4.07. The number of fused-ring (bicyclic) bond motifs is 1. The minimum absolute atomic E-state index is 0.450. The van der Waals surface area contributed by atoms with Crippen molar-refractivity contribution in [1.82, 2.24) is 14.8 Å². The molecule has 0 bridgehead atoms. The van der Waals surface area contributed by atoms with Crippen LogP contribution in [0.1, 0.15) is 13.0 Å². The maximum atomic E-state index is 5.24. The summed E-state index contributed by atoms with van der Waals surface area (Å²) in [6, 6.07) is 8.39. The number of methoxy groups -OCH3 is 1. The minimum Gasteiger partial charge on any atom is -0.497 e. The van der Waals surface area contributed by atoms with Crippen LogP contribution in [0.4, 0.5) is 0 Å². The van der Waals surface area contributed by atoms with E-state index in [1.807, 2.05) is 24.3 Å². The first-order valence-electron chi connectivity index (χ1n) is 5.51. The topological polar surface area (TPSA) is 39.9 Å². The van der Waals surface area contributed by atoms with Gasteiger partial charge in [0.05, 0.1) is 7.11 Å².